The quantitative estimate of drug-likeness (QED) is 0.165. The minimum absolute atomic E-state index is 0.0178. The van der Waals surface area contributed by atoms with Gasteiger partial charge in [-0.3, -0.25) is 4.79 Å². The summed E-state index contributed by atoms with van der Waals surface area (Å²) in [7, 11) is 2.56. The van der Waals surface area contributed by atoms with Gasteiger partial charge in [-0.25, -0.2) is 4.79 Å². The molecule has 4 rings (SSSR count). The smallest absolute Gasteiger partial charge is 0.339 e. The number of rotatable bonds is 9. The summed E-state index contributed by atoms with van der Waals surface area (Å²) in [5, 5.41) is 64.3. The fourth-order valence-corrected chi connectivity index (χ4v) is 4.72. The van der Waals surface area contributed by atoms with Gasteiger partial charge >= 0.3 is 5.97 Å². The van der Waals surface area contributed by atoms with E-state index in [1.54, 1.807) is 18.2 Å². The molecule has 0 bridgehead atoms. The molecule has 0 radical (unpaired) electrons. The van der Waals surface area contributed by atoms with Gasteiger partial charge in [-0.05, 0) is 31.2 Å². The molecule has 2 heterocycles. The minimum atomic E-state index is -1.75. The Bertz CT molecular complexity index is 1280. The average molecular weight is 610 g/mol. The van der Waals surface area contributed by atoms with Gasteiger partial charge in [-0.15, -0.1) is 0 Å². The highest BCUT2D eigenvalue weighted by molar-refractivity contribution is 6.09. The summed E-state index contributed by atoms with van der Waals surface area (Å²) in [5.74, 6) is -1.12. The van der Waals surface area contributed by atoms with Crippen LogP contribution in [0, 0.1) is 0 Å². The summed E-state index contributed by atoms with van der Waals surface area (Å²) in [4.78, 5) is 25.6. The van der Waals surface area contributed by atoms with Crippen LogP contribution in [0.15, 0.2) is 42.5 Å². The molecule has 2 fully saturated rings. The third-order valence-electron chi connectivity index (χ3n) is 7.17. The Hall–Kier alpha value is -3.38. The van der Waals surface area contributed by atoms with Crippen LogP contribution in [0.3, 0.4) is 0 Å². The highest BCUT2D eigenvalue weighted by Crippen LogP contribution is 2.32. The van der Waals surface area contributed by atoms with Crippen molar-refractivity contribution >= 4 is 17.6 Å². The third kappa shape index (κ3) is 6.90. The summed E-state index contributed by atoms with van der Waals surface area (Å²) < 4.78 is 32.8. The molecule has 2 aliphatic rings. The zero-order valence-corrected chi connectivity index (χ0v) is 23.5. The Morgan fingerprint density at radius 3 is 2.26 bits per heavy atom. The Morgan fingerprint density at radius 1 is 0.860 bits per heavy atom. The number of carbonyl (C=O) groups excluding carboxylic acids is 2. The van der Waals surface area contributed by atoms with Crippen molar-refractivity contribution in [1.29, 1.82) is 0 Å². The lowest BCUT2D eigenvalue weighted by molar-refractivity contribution is -0.354. The molecule has 1 amide bonds. The number of carbonyl (C=O) groups is 2. The molecule has 0 saturated carbocycles. The molecule has 15 heteroatoms. The van der Waals surface area contributed by atoms with E-state index in [4.69, 9.17) is 28.4 Å². The van der Waals surface area contributed by atoms with Gasteiger partial charge in [0.15, 0.2) is 12.4 Å². The number of nitrogens with one attached hydrogen (secondary N) is 1. The first-order valence-electron chi connectivity index (χ1n) is 13.3. The summed E-state index contributed by atoms with van der Waals surface area (Å²) in [6.07, 6.45) is -15.2. The monoisotopic (exact) mass is 609 g/mol. The maximum Gasteiger partial charge on any atom is 0.339 e. The molecule has 0 aromatic heterocycles. The second-order valence-electron chi connectivity index (χ2n) is 9.96. The van der Waals surface area contributed by atoms with Crippen LogP contribution in [0.5, 0.6) is 11.5 Å². The van der Waals surface area contributed by atoms with Crippen LogP contribution < -0.4 is 14.8 Å². The fraction of sp³-hybridized carbons (Fsp3) is 0.500. The first kappa shape index (κ1) is 32.5. The molecule has 2 aromatic carbocycles. The van der Waals surface area contributed by atoms with Crippen molar-refractivity contribution in [2.75, 3.05) is 26.1 Å². The zero-order valence-electron chi connectivity index (χ0n) is 23.5. The number of benzene rings is 2. The van der Waals surface area contributed by atoms with Crippen LogP contribution in [-0.2, 0) is 18.9 Å². The highest BCUT2D eigenvalue weighted by atomic mass is 16.8. The molecule has 0 spiro atoms. The van der Waals surface area contributed by atoms with Gasteiger partial charge < -0.3 is 64.4 Å². The lowest BCUT2D eigenvalue weighted by Crippen LogP contribution is -2.64. The number of esters is 1. The number of aliphatic hydroxyl groups excluding tert-OH is 6. The van der Waals surface area contributed by atoms with E-state index in [0.717, 1.165) is 7.11 Å². The molecule has 10 atom stereocenters. The molecule has 2 aliphatic heterocycles. The maximum atomic E-state index is 13.1. The summed E-state index contributed by atoms with van der Waals surface area (Å²) >= 11 is 0. The summed E-state index contributed by atoms with van der Waals surface area (Å²) in [6.45, 7) is 0.717. The Balaban J connectivity index is 1.63. The first-order valence-corrected chi connectivity index (χ1v) is 13.3. The molecule has 2 aromatic rings. The third-order valence-corrected chi connectivity index (χ3v) is 7.17. The van der Waals surface area contributed by atoms with Crippen molar-refractivity contribution in [2.24, 2.45) is 0 Å². The number of ether oxygens (including phenoxy) is 6. The number of amides is 1. The van der Waals surface area contributed by atoms with Gasteiger partial charge in [0.2, 0.25) is 6.29 Å². The zero-order chi connectivity index (χ0) is 31.4. The molecular weight excluding hydrogens is 574 g/mol. The van der Waals surface area contributed by atoms with Crippen molar-refractivity contribution in [1.82, 2.24) is 0 Å². The van der Waals surface area contributed by atoms with E-state index < -0.39 is 79.9 Å². The van der Waals surface area contributed by atoms with E-state index in [9.17, 15) is 40.2 Å². The van der Waals surface area contributed by atoms with E-state index in [1.807, 2.05) is 0 Å². The first-order chi connectivity index (χ1) is 20.5. The van der Waals surface area contributed by atoms with Gasteiger partial charge in [-0.2, -0.15) is 0 Å². The largest absolute Gasteiger partial charge is 0.496 e. The number of hydrogen-bond donors (Lipinski definition) is 7. The number of para-hydroxylation sites is 1. The van der Waals surface area contributed by atoms with Crippen molar-refractivity contribution in [3.63, 3.8) is 0 Å². The van der Waals surface area contributed by atoms with Crippen molar-refractivity contribution in [3.05, 3.63) is 53.6 Å². The standard InChI is InChI=1S/C28H35NO14/c1-12-19(31)21(33)23(35)27(40-12)43-24-22(34)20(32)18(11-30)42-28(24)41-13-8-9-14(26(37)39-3)16(10-13)29-25(36)15-6-4-5-7-17(15)38-2/h4-10,12,18-24,27-28,30-35H,11H2,1-3H3,(H,29,36)/t12-,18+,19-,20+,21+,22-,23+,24+,27-,28+/m0/s1. The lowest BCUT2D eigenvalue weighted by Gasteiger charge is -2.45. The van der Waals surface area contributed by atoms with Crippen LogP contribution in [-0.4, -0.2) is 125 Å². The summed E-state index contributed by atoms with van der Waals surface area (Å²) in [5.41, 5.74) is 0.121. The molecule has 7 N–H and O–H groups in total. The second kappa shape index (κ2) is 13.9. The van der Waals surface area contributed by atoms with Gasteiger partial charge in [0.1, 0.15) is 48.1 Å². The van der Waals surface area contributed by atoms with Crippen molar-refractivity contribution in [3.8, 4) is 11.5 Å². The van der Waals surface area contributed by atoms with Gasteiger partial charge in [0.05, 0.1) is 43.7 Å². The normalized spacial score (nSPS) is 32.5. The maximum absolute atomic E-state index is 13.1. The molecule has 0 unspecified atom stereocenters. The molecule has 0 aliphatic carbocycles. The predicted octanol–water partition coefficient (Wildman–Crippen LogP) is -1.24. The predicted molar refractivity (Wildman–Crippen MR) is 144 cm³/mol. The Labute approximate surface area is 246 Å². The number of methoxy groups -OCH3 is 2. The van der Waals surface area contributed by atoms with Crippen molar-refractivity contribution in [2.45, 2.75) is 68.3 Å². The molecular formula is C28H35NO14. The van der Waals surface area contributed by atoms with Crippen molar-refractivity contribution < 1.29 is 68.6 Å². The van der Waals surface area contributed by atoms with Gasteiger partial charge in [-0.1, -0.05) is 12.1 Å². The number of anilines is 1. The van der Waals surface area contributed by atoms with Gasteiger partial charge in [0, 0.05) is 6.07 Å². The van der Waals surface area contributed by atoms with E-state index in [-0.39, 0.29) is 28.3 Å². The number of aliphatic hydroxyl groups is 6. The van der Waals surface area contributed by atoms with Crippen LogP contribution in [0.25, 0.3) is 0 Å². The van der Waals surface area contributed by atoms with E-state index in [2.05, 4.69) is 5.32 Å². The average Bonchev–Trinajstić information content (AvgIpc) is 3.01. The molecule has 236 valence electrons. The summed E-state index contributed by atoms with van der Waals surface area (Å²) in [6, 6.07) is 10.3. The van der Waals surface area contributed by atoms with Crippen LogP contribution >= 0.6 is 0 Å². The van der Waals surface area contributed by atoms with Crippen LogP contribution in [0.2, 0.25) is 0 Å². The second-order valence-corrected chi connectivity index (χ2v) is 9.96. The van der Waals surface area contributed by atoms with Gasteiger partial charge in [0.25, 0.3) is 5.91 Å². The number of hydrogen-bond acceptors (Lipinski definition) is 14. The van der Waals surface area contributed by atoms with E-state index >= 15 is 0 Å². The van der Waals surface area contributed by atoms with E-state index in [1.165, 1.54) is 38.3 Å². The fourth-order valence-electron chi connectivity index (χ4n) is 4.72. The Kier molecular flexibility index (Phi) is 10.5. The molecule has 43 heavy (non-hydrogen) atoms. The molecule has 15 nitrogen and oxygen atoms in total. The van der Waals surface area contributed by atoms with Crippen LogP contribution in [0.1, 0.15) is 27.6 Å². The lowest BCUT2D eigenvalue weighted by atomic mass is 9.97. The minimum Gasteiger partial charge on any atom is -0.496 e. The SMILES string of the molecule is COC(=O)c1ccc(O[C@@H]2O[C@H](CO)[C@@H](O)[C@H](O)[C@H]2O[C@@H]2O[C@@H](C)[C@H](O)[C@@H](O)[C@H]2O)cc1NC(=O)c1ccccc1OC. The van der Waals surface area contributed by atoms with E-state index in [0.29, 0.717) is 0 Å². The van der Waals surface area contributed by atoms with Crippen LogP contribution in [0.4, 0.5) is 5.69 Å². The highest BCUT2D eigenvalue weighted by Gasteiger charge is 2.50. The molecule has 2 saturated heterocycles. The Morgan fingerprint density at radius 2 is 1.58 bits per heavy atom. The topological polar surface area (TPSA) is 223 Å².